The second-order valence-electron chi connectivity index (χ2n) is 5.04. The summed E-state index contributed by atoms with van der Waals surface area (Å²) in [4.78, 5) is 10.2. The molecule has 4 heteroatoms. The fourth-order valence-electron chi connectivity index (χ4n) is 1.99. The zero-order valence-electron chi connectivity index (χ0n) is 11.4. The fourth-order valence-corrected chi connectivity index (χ4v) is 1.99. The number of benzene rings is 1. The first-order valence-electron chi connectivity index (χ1n) is 6.52. The van der Waals surface area contributed by atoms with Crippen LogP contribution in [0.1, 0.15) is 32.0 Å². The van der Waals surface area contributed by atoms with Crippen LogP contribution in [0.25, 0.3) is 11.0 Å². The molecule has 1 heterocycles. The average molecular weight is 246 g/mol. The molecule has 0 spiro atoms. The highest BCUT2D eigenvalue weighted by Gasteiger charge is 2.08. The van der Waals surface area contributed by atoms with Crippen LogP contribution in [-0.4, -0.2) is 30.1 Å². The van der Waals surface area contributed by atoms with Crippen LogP contribution >= 0.6 is 0 Å². The Hall–Kier alpha value is -1.55. The summed E-state index contributed by atoms with van der Waals surface area (Å²) in [5.41, 5.74) is 8.89. The number of anilines is 1. The van der Waals surface area contributed by atoms with E-state index in [1.807, 2.05) is 0 Å². The van der Waals surface area contributed by atoms with Gasteiger partial charge in [0.05, 0.1) is 11.0 Å². The van der Waals surface area contributed by atoms with Crippen LogP contribution in [0.3, 0.4) is 0 Å². The monoisotopic (exact) mass is 246 g/mol. The molecule has 2 rings (SSSR count). The first-order valence-corrected chi connectivity index (χ1v) is 6.52. The minimum absolute atomic E-state index is 0.427. The number of H-pyrrole nitrogens is 1. The number of aromatic amines is 1. The Labute approximate surface area is 108 Å². The van der Waals surface area contributed by atoms with Crippen LogP contribution < -0.4 is 10.6 Å². The molecular weight excluding hydrogens is 224 g/mol. The summed E-state index contributed by atoms with van der Waals surface area (Å²) in [6, 6.07) is 6.35. The molecule has 0 aliphatic carbocycles. The zero-order chi connectivity index (χ0) is 13.1. The van der Waals surface area contributed by atoms with Gasteiger partial charge in [0, 0.05) is 25.2 Å². The second-order valence-corrected chi connectivity index (χ2v) is 5.04. The van der Waals surface area contributed by atoms with Gasteiger partial charge in [-0.25, -0.2) is 4.98 Å². The Balaban J connectivity index is 2.26. The molecule has 0 saturated heterocycles. The molecule has 0 bridgehead atoms. The van der Waals surface area contributed by atoms with Crippen LogP contribution in [0.2, 0.25) is 0 Å². The summed E-state index contributed by atoms with van der Waals surface area (Å²) in [6.07, 6.45) is 1.01. The largest absolute Gasteiger partial charge is 0.374 e. The molecule has 1 aromatic heterocycles. The predicted molar refractivity (Wildman–Crippen MR) is 77.1 cm³/mol. The van der Waals surface area contributed by atoms with Gasteiger partial charge in [0.2, 0.25) is 0 Å². The Kier molecular flexibility index (Phi) is 3.87. The second kappa shape index (κ2) is 5.40. The normalized spacial score (nSPS) is 11.4. The van der Waals surface area contributed by atoms with Gasteiger partial charge < -0.3 is 15.6 Å². The lowest BCUT2D eigenvalue weighted by atomic mass is 10.2. The summed E-state index contributed by atoms with van der Waals surface area (Å²) in [6.45, 7) is 6.00. The first-order chi connectivity index (χ1) is 8.61. The number of imidazole rings is 1. The van der Waals surface area contributed by atoms with Gasteiger partial charge in [-0.3, -0.25) is 0 Å². The zero-order valence-corrected chi connectivity index (χ0v) is 11.4. The van der Waals surface area contributed by atoms with E-state index in [0.717, 1.165) is 36.4 Å². The maximum absolute atomic E-state index is 5.54. The molecule has 0 saturated carbocycles. The van der Waals surface area contributed by atoms with Crippen LogP contribution in [-0.2, 0) is 0 Å². The lowest BCUT2D eigenvalue weighted by Gasteiger charge is -2.18. The number of nitrogens with two attached hydrogens (primary N) is 1. The molecule has 0 aliphatic rings. The summed E-state index contributed by atoms with van der Waals surface area (Å²) in [5.74, 6) is 1.47. The van der Waals surface area contributed by atoms with Crippen molar-refractivity contribution in [2.45, 2.75) is 26.2 Å². The van der Waals surface area contributed by atoms with Gasteiger partial charge in [0.15, 0.2) is 0 Å². The molecule has 2 aromatic rings. The molecule has 0 unspecified atom stereocenters. The number of hydrogen-bond acceptors (Lipinski definition) is 3. The maximum Gasteiger partial charge on any atom is 0.109 e. The van der Waals surface area contributed by atoms with Crippen molar-refractivity contribution in [3.05, 3.63) is 24.0 Å². The van der Waals surface area contributed by atoms with Gasteiger partial charge in [0.1, 0.15) is 5.82 Å². The minimum Gasteiger partial charge on any atom is -0.374 e. The van der Waals surface area contributed by atoms with E-state index in [-0.39, 0.29) is 0 Å². The van der Waals surface area contributed by atoms with Crippen molar-refractivity contribution >= 4 is 16.7 Å². The Morgan fingerprint density at radius 1 is 1.39 bits per heavy atom. The molecule has 0 aliphatic heterocycles. The van der Waals surface area contributed by atoms with E-state index in [0.29, 0.717) is 5.92 Å². The van der Waals surface area contributed by atoms with Crippen molar-refractivity contribution in [3.8, 4) is 0 Å². The molecular formula is C14H22N4. The molecule has 1 aromatic carbocycles. The summed E-state index contributed by atoms with van der Waals surface area (Å²) in [7, 11) is 2.09. The number of nitrogens with one attached hydrogen (secondary N) is 1. The molecule has 0 radical (unpaired) electrons. The molecule has 98 valence electrons. The molecule has 4 nitrogen and oxygen atoms in total. The number of hydrogen-bond donors (Lipinski definition) is 2. The van der Waals surface area contributed by atoms with Crippen molar-refractivity contribution in [1.82, 2.24) is 9.97 Å². The molecule has 3 N–H and O–H groups in total. The van der Waals surface area contributed by atoms with E-state index >= 15 is 0 Å². The van der Waals surface area contributed by atoms with Gasteiger partial charge in [-0.05, 0) is 31.2 Å². The molecule has 0 atom stereocenters. The number of fused-ring (bicyclic) bond motifs is 1. The van der Waals surface area contributed by atoms with Gasteiger partial charge in [-0.2, -0.15) is 0 Å². The third kappa shape index (κ3) is 2.64. The summed E-state index contributed by atoms with van der Waals surface area (Å²) >= 11 is 0. The standard InChI is InChI=1S/C14H22N4/c1-10(2)14-16-12-6-5-11(9-13(12)17-14)18(3)8-4-7-15/h5-6,9-10H,4,7-8,15H2,1-3H3,(H,16,17). The van der Waals surface area contributed by atoms with Crippen molar-refractivity contribution in [2.24, 2.45) is 5.73 Å². The van der Waals surface area contributed by atoms with Gasteiger partial charge in [-0.1, -0.05) is 13.8 Å². The SMILES string of the molecule is CC(C)c1nc2ccc(N(C)CCCN)cc2[nH]1. The predicted octanol–water partition coefficient (Wildman–Crippen LogP) is 2.47. The van der Waals surface area contributed by atoms with Crippen LogP contribution in [0.4, 0.5) is 5.69 Å². The highest BCUT2D eigenvalue weighted by Crippen LogP contribution is 2.22. The highest BCUT2D eigenvalue weighted by molar-refractivity contribution is 5.79. The summed E-state index contributed by atoms with van der Waals surface area (Å²) < 4.78 is 0. The van der Waals surface area contributed by atoms with Crippen molar-refractivity contribution in [1.29, 1.82) is 0 Å². The lowest BCUT2D eigenvalue weighted by molar-refractivity contribution is 0.795. The van der Waals surface area contributed by atoms with E-state index in [1.54, 1.807) is 0 Å². The molecule has 0 fully saturated rings. The van der Waals surface area contributed by atoms with E-state index in [1.165, 1.54) is 5.69 Å². The van der Waals surface area contributed by atoms with Crippen LogP contribution in [0.15, 0.2) is 18.2 Å². The van der Waals surface area contributed by atoms with E-state index in [2.05, 4.69) is 54.0 Å². The first kappa shape index (κ1) is 12.9. The molecule has 18 heavy (non-hydrogen) atoms. The summed E-state index contributed by atoms with van der Waals surface area (Å²) in [5, 5.41) is 0. The van der Waals surface area contributed by atoms with Gasteiger partial charge in [0.25, 0.3) is 0 Å². The highest BCUT2D eigenvalue weighted by atomic mass is 15.1. The van der Waals surface area contributed by atoms with Crippen molar-refractivity contribution in [2.75, 3.05) is 25.0 Å². The third-order valence-electron chi connectivity index (χ3n) is 3.17. The fraction of sp³-hybridized carbons (Fsp3) is 0.500. The Bertz CT molecular complexity index is 515. The quantitative estimate of drug-likeness (QED) is 0.852. The van der Waals surface area contributed by atoms with Crippen molar-refractivity contribution in [3.63, 3.8) is 0 Å². The van der Waals surface area contributed by atoms with Gasteiger partial charge >= 0.3 is 0 Å². The maximum atomic E-state index is 5.54. The van der Waals surface area contributed by atoms with Gasteiger partial charge in [-0.15, -0.1) is 0 Å². The lowest BCUT2D eigenvalue weighted by Crippen LogP contribution is -2.20. The number of rotatable bonds is 5. The van der Waals surface area contributed by atoms with Crippen molar-refractivity contribution < 1.29 is 0 Å². The topological polar surface area (TPSA) is 57.9 Å². The minimum atomic E-state index is 0.427. The van der Waals surface area contributed by atoms with E-state index in [9.17, 15) is 0 Å². The van der Waals surface area contributed by atoms with E-state index in [4.69, 9.17) is 5.73 Å². The Morgan fingerprint density at radius 3 is 2.83 bits per heavy atom. The number of aromatic nitrogens is 2. The number of nitrogens with zero attached hydrogens (tertiary/aromatic N) is 2. The Morgan fingerprint density at radius 2 is 2.17 bits per heavy atom. The average Bonchev–Trinajstić information content (AvgIpc) is 2.78. The third-order valence-corrected chi connectivity index (χ3v) is 3.17. The smallest absolute Gasteiger partial charge is 0.109 e. The van der Waals surface area contributed by atoms with E-state index < -0.39 is 0 Å². The molecule has 0 amide bonds. The van der Waals surface area contributed by atoms with Crippen LogP contribution in [0, 0.1) is 0 Å². The van der Waals surface area contributed by atoms with Crippen LogP contribution in [0.5, 0.6) is 0 Å².